The Morgan fingerprint density at radius 2 is 2.62 bits per heavy atom. The zero-order valence-electron chi connectivity index (χ0n) is 4.33. The van der Waals surface area contributed by atoms with Gasteiger partial charge in [0.25, 0.3) is 6.17 Å². The van der Waals surface area contributed by atoms with E-state index in [0.717, 1.165) is 6.42 Å². The van der Waals surface area contributed by atoms with Gasteiger partial charge in [-0.3, -0.25) is 15.4 Å². The Balaban J connectivity index is 2.35. The number of nitro groups is 1. The Labute approximate surface area is 47.0 Å². The molecule has 0 aromatic carbocycles. The van der Waals surface area contributed by atoms with Crippen molar-refractivity contribution >= 4 is 0 Å². The SMILES string of the molecule is O=[N+]([O-])C1CC[CH]N1. The lowest BCUT2D eigenvalue weighted by molar-refractivity contribution is -0.525. The van der Waals surface area contributed by atoms with Crippen LogP contribution in [0.2, 0.25) is 0 Å². The molecule has 0 amide bonds. The van der Waals surface area contributed by atoms with Crippen molar-refractivity contribution in [3.05, 3.63) is 16.7 Å². The van der Waals surface area contributed by atoms with E-state index in [4.69, 9.17) is 0 Å². The summed E-state index contributed by atoms with van der Waals surface area (Å²) in [6.45, 7) is 1.73. The van der Waals surface area contributed by atoms with Gasteiger partial charge in [0.2, 0.25) is 0 Å². The van der Waals surface area contributed by atoms with Crippen LogP contribution in [-0.4, -0.2) is 11.1 Å². The fourth-order valence-electron chi connectivity index (χ4n) is 0.710. The third kappa shape index (κ3) is 0.949. The van der Waals surface area contributed by atoms with E-state index in [1.165, 1.54) is 0 Å². The zero-order valence-corrected chi connectivity index (χ0v) is 4.33. The Hall–Kier alpha value is -0.640. The molecule has 1 radical (unpaired) electrons. The van der Waals surface area contributed by atoms with Crippen LogP contribution in [0.4, 0.5) is 0 Å². The highest BCUT2D eigenvalue weighted by Gasteiger charge is 2.23. The summed E-state index contributed by atoms with van der Waals surface area (Å²) < 4.78 is 0. The molecule has 0 aromatic rings. The number of nitrogens with one attached hydrogen (secondary N) is 1. The summed E-state index contributed by atoms with van der Waals surface area (Å²) >= 11 is 0. The van der Waals surface area contributed by atoms with Gasteiger partial charge < -0.3 is 0 Å². The molecule has 1 unspecified atom stereocenters. The summed E-state index contributed by atoms with van der Waals surface area (Å²) in [5.41, 5.74) is 0. The molecule has 1 fully saturated rings. The van der Waals surface area contributed by atoms with Crippen molar-refractivity contribution < 1.29 is 4.92 Å². The molecule has 0 aromatic heterocycles. The molecule has 1 rings (SSSR count). The maximum absolute atomic E-state index is 9.92. The van der Waals surface area contributed by atoms with Gasteiger partial charge >= 0.3 is 0 Å². The van der Waals surface area contributed by atoms with Crippen molar-refractivity contribution in [1.82, 2.24) is 5.32 Å². The number of hydrogen-bond donors (Lipinski definition) is 1. The number of nitrogens with zero attached hydrogens (tertiary/aromatic N) is 1. The highest BCUT2D eigenvalue weighted by Crippen LogP contribution is 2.07. The minimum atomic E-state index is -0.519. The number of rotatable bonds is 1. The Morgan fingerprint density at radius 1 is 1.88 bits per heavy atom. The van der Waals surface area contributed by atoms with Crippen molar-refractivity contribution in [1.29, 1.82) is 0 Å². The van der Waals surface area contributed by atoms with Crippen LogP contribution in [-0.2, 0) is 0 Å². The summed E-state index contributed by atoms with van der Waals surface area (Å²) in [6.07, 6.45) is 0.925. The van der Waals surface area contributed by atoms with E-state index in [-0.39, 0.29) is 4.92 Å². The first-order valence-electron chi connectivity index (χ1n) is 2.52. The van der Waals surface area contributed by atoms with E-state index in [1.807, 2.05) is 0 Å². The number of hydrogen-bond acceptors (Lipinski definition) is 3. The highest BCUT2D eigenvalue weighted by atomic mass is 16.6. The normalized spacial score (nSPS) is 28.2. The summed E-state index contributed by atoms with van der Waals surface area (Å²) in [4.78, 5) is 9.62. The summed E-state index contributed by atoms with van der Waals surface area (Å²) in [7, 11) is 0. The lowest BCUT2D eigenvalue weighted by Gasteiger charge is -1.96. The van der Waals surface area contributed by atoms with Crippen LogP contribution < -0.4 is 5.32 Å². The molecule has 0 saturated carbocycles. The van der Waals surface area contributed by atoms with E-state index in [2.05, 4.69) is 5.32 Å². The molecule has 0 spiro atoms. The van der Waals surface area contributed by atoms with E-state index in [0.29, 0.717) is 6.42 Å². The van der Waals surface area contributed by atoms with Gasteiger partial charge in [0.1, 0.15) is 0 Å². The summed E-state index contributed by atoms with van der Waals surface area (Å²) in [6, 6.07) is 0. The van der Waals surface area contributed by atoms with E-state index in [9.17, 15) is 10.1 Å². The largest absolute Gasteiger partial charge is 0.266 e. The molecule has 1 atom stereocenters. The molecule has 0 bridgehead atoms. The van der Waals surface area contributed by atoms with E-state index < -0.39 is 6.17 Å². The molecule has 1 aliphatic heterocycles. The van der Waals surface area contributed by atoms with E-state index in [1.54, 1.807) is 6.54 Å². The quantitative estimate of drug-likeness (QED) is 0.390. The molecule has 1 N–H and O–H groups in total. The lowest BCUT2D eigenvalue weighted by Crippen LogP contribution is -2.27. The maximum atomic E-state index is 9.92. The molecular formula is C4H7N2O2. The standard InChI is InChI=1S/C4H7N2O2/c7-6(8)4-2-1-3-5-4/h3-5H,1-2H2. The van der Waals surface area contributed by atoms with Gasteiger partial charge in [0.05, 0.1) is 0 Å². The second-order valence-electron chi connectivity index (χ2n) is 1.75. The van der Waals surface area contributed by atoms with Gasteiger partial charge in [0.15, 0.2) is 0 Å². The van der Waals surface area contributed by atoms with Crippen LogP contribution in [0.5, 0.6) is 0 Å². The fourth-order valence-corrected chi connectivity index (χ4v) is 0.710. The van der Waals surface area contributed by atoms with Crippen molar-refractivity contribution in [3.8, 4) is 0 Å². The van der Waals surface area contributed by atoms with Crippen LogP contribution in [0.3, 0.4) is 0 Å². The minimum absolute atomic E-state index is 0.302. The van der Waals surface area contributed by atoms with Crippen molar-refractivity contribution in [2.45, 2.75) is 19.0 Å². The maximum Gasteiger partial charge on any atom is 0.266 e. The molecule has 0 aliphatic carbocycles. The van der Waals surface area contributed by atoms with Crippen molar-refractivity contribution in [2.24, 2.45) is 0 Å². The summed E-state index contributed by atoms with van der Waals surface area (Å²) in [5.74, 6) is 0. The second-order valence-corrected chi connectivity index (χ2v) is 1.75. The van der Waals surface area contributed by atoms with Crippen LogP contribution in [0.25, 0.3) is 0 Å². The Kier molecular flexibility index (Phi) is 1.43. The Bertz CT molecular complexity index is 98.2. The van der Waals surface area contributed by atoms with Crippen LogP contribution >= 0.6 is 0 Å². The highest BCUT2D eigenvalue weighted by molar-refractivity contribution is 4.74. The molecule has 1 saturated heterocycles. The predicted molar refractivity (Wildman–Crippen MR) is 27.5 cm³/mol. The van der Waals surface area contributed by atoms with Gasteiger partial charge in [0, 0.05) is 17.9 Å². The first kappa shape index (κ1) is 5.50. The van der Waals surface area contributed by atoms with Crippen LogP contribution in [0.1, 0.15) is 12.8 Å². The predicted octanol–water partition coefficient (Wildman–Crippen LogP) is 0.134. The van der Waals surface area contributed by atoms with E-state index >= 15 is 0 Å². The van der Waals surface area contributed by atoms with Gasteiger partial charge in [-0.1, -0.05) is 0 Å². The zero-order chi connectivity index (χ0) is 5.98. The smallest absolute Gasteiger partial charge is 0.263 e. The third-order valence-corrected chi connectivity index (χ3v) is 1.15. The molecule has 4 nitrogen and oxygen atoms in total. The molecule has 45 valence electrons. The van der Waals surface area contributed by atoms with Crippen LogP contribution in [0, 0.1) is 16.7 Å². The van der Waals surface area contributed by atoms with Gasteiger partial charge in [-0.15, -0.1) is 0 Å². The van der Waals surface area contributed by atoms with Crippen molar-refractivity contribution in [3.63, 3.8) is 0 Å². The molecule has 1 aliphatic rings. The fraction of sp³-hybridized carbons (Fsp3) is 0.750. The van der Waals surface area contributed by atoms with Crippen molar-refractivity contribution in [2.75, 3.05) is 0 Å². The first-order chi connectivity index (χ1) is 3.80. The average molecular weight is 115 g/mol. The molecular weight excluding hydrogens is 108 g/mol. The topological polar surface area (TPSA) is 55.2 Å². The summed E-state index contributed by atoms with van der Waals surface area (Å²) in [5, 5.41) is 12.6. The first-order valence-corrected chi connectivity index (χ1v) is 2.52. The van der Waals surface area contributed by atoms with Gasteiger partial charge in [-0.05, 0) is 6.42 Å². The van der Waals surface area contributed by atoms with Gasteiger partial charge in [-0.2, -0.15) is 0 Å². The minimum Gasteiger partial charge on any atom is -0.263 e. The monoisotopic (exact) mass is 115 g/mol. The third-order valence-electron chi connectivity index (χ3n) is 1.15. The van der Waals surface area contributed by atoms with Gasteiger partial charge in [-0.25, -0.2) is 0 Å². The van der Waals surface area contributed by atoms with Crippen LogP contribution in [0.15, 0.2) is 0 Å². The molecule has 8 heavy (non-hydrogen) atoms. The molecule has 4 heteroatoms. The average Bonchev–Trinajstić information content (AvgIpc) is 2.12. The second kappa shape index (κ2) is 2.09. The Morgan fingerprint density at radius 3 is 2.88 bits per heavy atom. The lowest BCUT2D eigenvalue weighted by atomic mass is 10.3. The molecule has 1 heterocycles.